The van der Waals surface area contributed by atoms with E-state index in [-0.39, 0.29) is 11.9 Å². The van der Waals surface area contributed by atoms with Crippen LogP contribution in [-0.2, 0) is 4.79 Å². The van der Waals surface area contributed by atoms with E-state index in [1.807, 2.05) is 6.26 Å². The molecule has 3 nitrogen and oxygen atoms in total. The number of thioether (sulfide) groups is 1. The van der Waals surface area contributed by atoms with Crippen LogP contribution in [0.3, 0.4) is 0 Å². The van der Waals surface area contributed by atoms with Crippen LogP contribution in [0.5, 0.6) is 0 Å². The average molecular weight is 258 g/mol. The Balaban J connectivity index is 2.23. The van der Waals surface area contributed by atoms with Gasteiger partial charge >= 0.3 is 0 Å². The number of carbonyl (C=O) groups excluding carboxylic acids is 1. The molecule has 4 heteroatoms. The third-order valence-electron chi connectivity index (χ3n) is 3.41. The standard InChI is InChI=1S/C13H26N2OS/c1-10(2)8-13(5-6-13)9-15-12(16)11(14)4-7-17-3/h10-11H,4-9,14H2,1-3H3,(H,15,16)/t11-/m0/s1. The largest absolute Gasteiger partial charge is 0.354 e. The van der Waals surface area contributed by atoms with E-state index in [2.05, 4.69) is 19.2 Å². The first kappa shape index (κ1) is 14.8. The molecule has 1 amide bonds. The summed E-state index contributed by atoms with van der Waals surface area (Å²) in [6.45, 7) is 5.30. The van der Waals surface area contributed by atoms with Crippen LogP contribution in [0.15, 0.2) is 0 Å². The summed E-state index contributed by atoms with van der Waals surface area (Å²) in [6.07, 6.45) is 6.53. The van der Waals surface area contributed by atoms with E-state index < -0.39 is 0 Å². The maximum atomic E-state index is 11.8. The fraction of sp³-hybridized carbons (Fsp3) is 0.923. The van der Waals surface area contributed by atoms with E-state index in [4.69, 9.17) is 5.73 Å². The van der Waals surface area contributed by atoms with Gasteiger partial charge in [-0.1, -0.05) is 13.8 Å². The number of nitrogens with two attached hydrogens (primary N) is 1. The highest BCUT2D eigenvalue weighted by atomic mass is 32.2. The van der Waals surface area contributed by atoms with Crippen molar-refractivity contribution in [3.05, 3.63) is 0 Å². The Kier molecular flexibility index (Phi) is 5.80. The zero-order chi connectivity index (χ0) is 12.9. The molecule has 1 atom stereocenters. The van der Waals surface area contributed by atoms with Gasteiger partial charge in [-0.15, -0.1) is 0 Å². The molecule has 1 aliphatic carbocycles. The van der Waals surface area contributed by atoms with Crippen molar-refractivity contribution >= 4 is 17.7 Å². The molecule has 1 saturated carbocycles. The first-order valence-corrected chi connectivity index (χ1v) is 7.91. The van der Waals surface area contributed by atoms with Gasteiger partial charge < -0.3 is 11.1 Å². The molecule has 3 N–H and O–H groups in total. The zero-order valence-corrected chi connectivity index (χ0v) is 12.1. The molecule has 1 aliphatic rings. The van der Waals surface area contributed by atoms with Gasteiger partial charge in [0, 0.05) is 6.54 Å². The van der Waals surface area contributed by atoms with Gasteiger partial charge in [-0.25, -0.2) is 0 Å². The first-order valence-electron chi connectivity index (χ1n) is 6.51. The normalized spacial score (nSPS) is 19.1. The average Bonchev–Trinajstić information content (AvgIpc) is 3.02. The molecule has 0 aliphatic heterocycles. The predicted octanol–water partition coefficient (Wildman–Crippen LogP) is 2.01. The predicted molar refractivity (Wildman–Crippen MR) is 75.1 cm³/mol. The van der Waals surface area contributed by atoms with Gasteiger partial charge in [-0.05, 0) is 49.0 Å². The van der Waals surface area contributed by atoms with Crippen molar-refractivity contribution in [3.8, 4) is 0 Å². The molecule has 0 saturated heterocycles. The molecule has 0 unspecified atom stereocenters. The summed E-state index contributed by atoms with van der Waals surface area (Å²) >= 11 is 1.73. The monoisotopic (exact) mass is 258 g/mol. The second-order valence-corrected chi connectivity index (χ2v) is 6.69. The molecule has 0 heterocycles. The number of carbonyl (C=O) groups is 1. The zero-order valence-electron chi connectivity index (χ0n) is 11.3. The highest BCUT2D eigenvalue weighted by Crippen LogP contribution is 2.49. The summed E-state index contributed by atoms with van der Waals surface area (Å²) in [6, 6.07) is -0.336. The molecule has 0 aromatic carbocycles. The van der Waals surface area contributed by atoms with Crippen molar-refractivity contribution < 1.29 is 4.79 Å². The van der Waals surface area contributed by atoms with Crippen molar-refractivity contribution in [1.82, 2.24) is 5.32 Å². The summed E-state index contributed by atoms with van der Waals surface area (Å²) in [5.41, 5.74) is 6.22. The Labute approximate surface area is 109 Å². The van der Waals surface area contributed by atoms with Crippen molar-refractivity contribution in [1.29, 1.82) is 0 Å². The van der Waals surface area contributed by atoms with Gasteiger partial charge in [0.05, 0.1) is 6.04 Å². The maximum Gasteiger partial charge on any atom is 0.236 e. The molecular weight excluding hydrogens is 232 g/mol. The molecule has 17 heavy (non-hydrogen) atoms. The Morgan fingerprint density at radius 1 is 1.47 bits per heavy atom. The summed E-state index contributed by atoms with van der Waals surface area (Å²) in [5.74, 6) is 1.68. The number of amides is 1. The molecular formula is C13H26N2OS. The van der Waals surface area contributed by atoms with Gasteiger partial charge in [-0.2, -0.15) is 11.8 Å². The van der Waals surface area contributed by atoms with E-state index in [0.717, 1.165) is 18.7 Å². The fourth-order valence-electron chi connectivity index (χ4n) is 2.28. The minimum atomic E-state index is -0.336. The van der Waals surface area contributed by atoms with E-state index in [1.54, 1.807) is 11.8 Å². The van der Waals surface area contributed by atoms with E-state index >= 15 is 0 Å². The molecule has 0 aromatic heterocycles. The van der Waals surface area contributed by atoms with E-state index in [0.29, 0.717) is 11.3 Å². The summed E-state index contributed by atoms with van der Waals surface area (Å²) < 4.78 is 0. The maximum absolute atomic E-state index is 11.8. The van der Waals surface area contributed by atoms with Crippen LogP contribution in [0.4, 0.5) is 0 Å². The van der Waals surface area contributed by atoms with E-state index in [9.17, 15) is 4.79 Å². The van der Waals surface area contributed by atoms with Gasteiger partial charge in [-0.3, -0.25) is 4.79 Å². The van der Waals surface area contributed by atoms with Gasteiger partial charge in [0.1, 0.15) is 0 Å². The third-order valence-corrected chi connectivity index (χ3v) is 4.05. The Hall–Kier alpha value is -0.220. The van der Waals surface area contributed by atoms with Crippen LogP contribution in [0.1, 0.15) is 39.5 Å². The lowest BCUT2D eigenvalue weighted by Gasteiger charge is -2.19. The van der Waals surface area contributed by atoms with Crippen LogP contribution in [0.25, 0.3) is 0 Å². The lowest BCUT2D eigenvalue weighted by atomic mass is 9.94. The summed E-state index contributed by atoms with van der Waals surface area (Å²) in [5, 5.41) is 3.03. The molecule has 0 radical (unpaired) electrons. The second-order valence-electron chi connectivity index (χ2n) is 5.70. The molecule has 0 aromatic rings. The molecule has 0 bridgehead atoms. The molecule has 1 rings (SSSR count). The second kappa shape index (κ2) is 6.64. The minimum Gasteiger partial charge on any atom is -0.354 e. The lowest BCUT2D eigenvalue weighted by Crippen LogP contribution is -2.43. The quantitative estimate of drug-likeness (QED) is 0.700. The molecule has 100 valence electrons. The van der Waals surface area contributed by atoms with Crippen molar-refractivity contribution in [2.75, 3.05) is 18.6 Å². The number of hydrogen-bond donors (Lipinski definition) is 2. The topological polar surface area (TPSA) is 55.1 Å². The highest BCUT2D eigenvalue weighted by molar-refractivity contribution is 7.98. The van der Waals surface area contributed by atoms with Crippen LogP contribution >= 0.6 is 11.8 Å². The van der Waals surface area contributed by atoms with Crippen LogP contribution < -0.4 is 11.1 Å². The lowest BCUT2D eigenvalue weighted by molar-refractivity contribution is -0.122. The Morgan fingerprint density at radius 3 is 2.59 bits per heavy atom. The summed E-state index contributed by atoms with van der Waals surface area (Å²) in [7, 11) is 0. The van der Waals surface area contributed by atoms with Crippen LogP contribution in [-0.4, -0.2) is 30.5 Å². The first-order chi connectivity index (χ1) is 7.99. The van der Waals surface area contributed by atoms with E-state index in [1.165, 1.54) is 19.3 Å². The minimum absolute atomic E-state index is 0.0223. The van der Waals surface area contributed by atoms with Crippen LogP contribution in [0.2, 0.25) is 0 Å². The molecule has 0 spiro atoms. The van der Waals surface area contributed by atoms with Crippen molar-refractivity contribution in [3.63, 3.8) is 0 Å². The van der Waals surface area contributed by atoms with Crippen LogP contribution in [0, 0.1) is 11.3 Å². The Morgan fingerprint density at radius 2 is 2.12 bits per heavy atom. The van der Waals surface area contributed by atoms with Crippen molar-refractivity contribution in [2.24, 2.45) is 17.1 Å². The smallest absolute Gasteiger partial charge is 0.236 e. The fourth-order valence-corrected chi connectivity index (χ4v) is 2.77. The highest BCUT2D eigenvalue weighted by Gasteiger charge is 2.42. The molecule has 1 fully saturated rings. The van der Waals surface area contributed by atoms with Gasteiger partial charge in [0.15, 0.2) is 0 Å². The summed E-state index contributed by atoms with van der Waals surface area (Å²) in [4.78, 5) is 11.8. The van der Waals surface area contributed by atoms with Gasteiger partial charge in [0.25, 0.3) is 0 Å². The number of rotatable bonds is 8. The van der Waals surface area contributed by atoms with Crippen molar-refractivity contribution in [2.45, 2.75) is 45.6 Å². The Bertz CT molecular complexity index is 252. The third kappa shape index (κ3) is 5.30. The SMILES string of the molecule is CSCC[C@H](N)C(=O)NCC1(CC(C)C)CC1. The number of nitrogens with one attached hydrogen (secondary N) is 1. The van der Waals surface area contributed by atoms with Gasteiger partial charge in [0.2, 0.25) is 5.91 Å². The number of hydrogen-bond acceptors (Lipinski definition) is 3.